The van der Waals surface area contributed by atoms with Gasteiger partial charge in [-0.05, 0) is 36.4 Å². The van der Waals surface area contributed by atoms with Gasteiger partial charge in [0.1, 0.15) is 0 Å². The molecular weight excluding hydrogens is 218 g/mol. The second-order valence-electron chi connectivity index (χ2n) is 4.66. The zero-order valence-corrected chi connectivity index (χ0v) is 10.9. The first kappa shape index (κ1) is 12.0. The molecule has 1 aliphatic heterocycles. The molecule has 16 heavy (non-hydrogen) atoms. The Balaban J connectivity index is 2.10. The van der Waals surface area contributed by atoms with Crippen molar-refractivity contribution in [3.8, 4) is 0 Å². The molecule has 90 valence electrons. The van der Waals surface area contributed by atoms with Gasteiger partial charge in [-0.25, -0.2) is 0 Å². The molecule has 2 N–H and O–H groups in total. The second kappa shape index (κ2) is 5.27. The van der Waals surface area contributed by atoms with Crippen LogP contribution in [-0.2, 0) is 0 Å². The van der Waals surface area contributed by atoms with Gasteiger partial charge in [-0.1, -0.05) is 0 Å². The zero-order valence-electron chi connectivity index (χ0n) is 10.1. The number of thiophene rings is 1. The van der Waals surface area contributed by atoms with Crippen molar-refractivity contribution in [3.05, 3.63) is 22.4 Å². The summed E-state index contributed by atoms with van der Waals surface area (Å²) in [5, 5.41) is 4.36. The fourth-order valence-corrected chi connectivity index (χ4v) is 3.25. The average molecular weight is 239 g/mol. The smallest absolute Gasteiger partial charge is 0.0482 e. The minimum absolute atomic E-state index is 0.398. The van der Waals surface area contributed by atoms with E-state index in [0.717, 1.165) is 19.6 Å². The Morgan fingerprint density at radius 3 is 2.94 bits per heavy atom. The molecule has 0 aromatic carbocycles. The molecule has 3 nitrogen and oxygen atoms in total. The standard InChI is InChI=1S/C12H21N3S/c1-10-8-14(2)4-5-15(10)12(7-13)11-3-6-16-9-11/h3,6,9-10,12H,4-5,7-8,13H2,1-2H3. The van der Waals surface area contributed by atoms with Crippen molar-refractivity contribution in [2.45, 2.75) is 19.0 Å². The van der Waals surface area contributed by atoms with Gasteiger partial charge < -0.3 is 10.6 Å². The largest absolute Gasteiger partial charge is 0.329 e. The van der Waals surface area contributed by atoms with Gasteiger partial charge in [-0.15, -0.1) is 0 Å². The summed E-state index contributed by atoms with van der Waals surface area (Å²) in [6, 6.07) is 3.19. The topological polar surface area (TPSA) is 32.5 Å². The molecule has 0 amide bonds. The first-order chi connectivity index (χ1) is 7.72. The molecule has 0 bridgehead atoms. The summed E-state index contributed by atoms with van der Waals surface area (Å²) < 4.78 is 0. The van der Waals surface area contributed by atoms with E-state index in [4.69, 9.17) is 5.73 Å². The lowest BCUT2D eigenvalue weighted by Crippen LogP contribution is -2.52. The van der Waals surface area contributed by atoms with Crippen LogP contribution in [-0.4, -0.2) is 49.1 Å². The quantitative estimate of drug-likeness (QED) is 0.865. The van der Waals surface area contributed by atoms with Crippen LogP contribution >= 0.6 is 11.3 Å². The van der Waals surface area contributed by atoms with Crippen molar-refractivity contribution >= 4 is 11.3 Å². The predicted octanol–water partition coefficient (Wildman–Crippen LogP) is 1.38. The van der Waals surface area contributed by atoms with Crippen LogP contribution in [0.4, 0.5) is 0 Å². The number of rotatable bonds is 3. The fraction of sp³-hybridized carbons (Fsp3) is 0.667. The van der Waals surface area contributed by atoms with Gasteiger partial charge in [0.2, 0.25) is 0 Å². The van der Waals surface area contributed by atoms with Crippen molar-refractivity contribution in [1.82, 2.24) is 9.80 Å². The highest BCUT2D eigenvalue weighted by Gasteiger charge is 2.28. The monoisotopic (exact) mass is 239 g/mol. The van der Waals surface area contributed by atoms with Crippen LogP contribution in [0.1, 0.15) is 18.5 Å². The Kier molecular flexibility index (Phi) is 3.97. The maximum Gasteiger partial charge on any atom is 0.0482 e. The van der Waals surface area contributed by atoms with E-state index in [1.807, 2.05) is 0 Å². The van der Waals surface area contributed by atoms with Gasteiger partial charge in [-0.3, -0.25) is 4.90 Å². The SMILES string of the molecule is CC1CN(C)CCN1C(CN)c1ccsc1. The predicted molar refractivity (Wildman–Crippen MR) is 69.8 cm³/mol. The van der Waals surface area contributed by atoms with Crippen LogP contribution in [0, 0.1) is 0 Å². The first-order valence-corrected chi connectivity index (χ1v) is 6.83. The van der Waals surface area contributed by atoms with Crippen LogP contribution in [0.2, 0.25) is 0 Å². The third-order valence-electron chi connectivity index (χ3n) is 3.43. The molecule has 2 atom stereocenters. The lowest BCUT2D eigenvalue weighted by atomic mass is 10.0. The lowest BCUT2D eigenvalue weighted by molar-refractivity contribution is 0.0637. The minimum atomic E-state index is 0.398. The molecule has 1 aliphatic rings. The van der Waals surface area contributed by atoms with Crippen molar-refractivity contribution in [1.29, 1.82) is 0 Å². The van der Waals surface area contributed by atoms with Crippen LogP contribution in [0.15, 0.2) is 16.8 Å². The van der Waals surface area contributed by atoms with Gasteiger partial charge >= 0.3 is 0 Å². The van der Waals surface area contributed by atoms with E-state index in [-0.39, 0.29) is 0 Å². The van der Waals surface area contributed by atoms with Crippen LogP contribution in [0.5, 0.6) is 0 Å². The van der Waals surface area contributed by atoms with Crippen LogP contribution in [0.3, 0.4) is 0 Å². The number of nitrogens with zero attached hydrogens (tertiary/aromatic N) is 2. The van der Waals surface area contributed by atoms with E-state index in [2.05, 4.69) is 40.6 Å². The summed E-state index contributed by atoms with van der Waals surface area (Å²) >= 11 is 1.76. The number of likely N-dealkylation sites (N-methyl/N-ethyl adjacent to an activating group) is 1. The molecule has 1 aromatic heterocycles. The number of nitrogens with two attached hydrogens (primary N) is 1. The third-order valence-corrected chi connectivity index (χ3v) is 4.13. The van der Waals surface area contributed by atoms with Gasteiger partial charge in [0.05, 0.1) is 0 Å². The van der Waals surface area contributed by atoms with Crippen molar-refractivity contribution in [3.63, 3.8) is 0 Å². The van der Waals surface area contributed by atoms with Gasteiger partial charge in [0.25, 0.3) is 0 Å². The molecule has 1 fully saturated rings. The summed E-state index contributed by atoms with van der Waals surface area (Å²) in [6.07, 6.45) is 0. The molecule has 0 aliphatic carbocycles. The van der Waals surface area contributed by atoms with E-state index in [0.29, 0.717) is 18.6 Å². The van der Waals surface area contributed by atoms with Crippen molar-refractivity contribution < 1.29 is 0 Å². The highest BCUT2D eigenvalue weighted by Crippen LogP contribution is 2.25. The molecule has 1 aromatic rings. The molecule has 1 saturated heterocycles. The van der Waals surface area contributed by atoms with Crippen molar-refractivity contribution in [2.24, 2.45) is 5.73 Å². The first-order valence-electron chi connectivity index (χ1n) is 5.89. The molecule has 2 unspecified atom stereocenters. The van der Waals surface area contributed by atoms with E-state index in [9.17, 15) is 0 Å². The summed E-state index contributed by atoms with van der Waals surface area (Å²) in [5.74, 6) is 0. The molecule has 4 heteroatoms. The maximum atomic E-state index is 5.94. The molecule has 0 radical (unpaired) electrons. The summed E-state index contributed by atoms with van der Waals surface area (Å²) in [6.45, 7) is 6.41. The Labute approximate surface area is 102 Å². The molecule has 0 spiro atoms. The Bertz CT molecular complexity index is 312. The van der Waals surface area contributed by atoms with E-state index < -0.39 is 0 Å². The number of hydrogen-bond donors (Lipinski definition) is 1. The minimum Gasteiger partial charge on any atom is -0.329 e. The fourth-order valence-electron chi connectivity index (χ4n) is 2.54. The molecule has 0 saturated carbocycles. The Morgan fingerprint density at radius 1 is 1.56 bits per heavy atom. The van der Waals surface area contributed by atoms with Gasteiger partial charge in [-0.2, -0.15) is 11.3 Å². The number of piperazine rings is 1. The number of hydrogen-bond acceptors (Lipinski definition) is 4. The van der Waals surface area contributed by atoms with Gasteiger partial charge in [0.15, 0.2) is 0 Å². The highest BCUT2D eigenvalue weighted by molar-refractivity contribution is 7.07. The Hall–Kier alpha value is -0.420. The molecular formula is C12H21N3S. The highest BCUT2D eigenvalue weighted by atomic mass is 32.1. The van der Waals surface area contributed by atoms with E-state index in [1.165, 1.54) is 5.56 Å². The summed E-state index contributed by atoms with van der Waals surface area (Å²) in [7, 11) is 2.19. The molecule has 2 rings (SSSR count). The molecule has 2 heterocycles. The Morgan fingerprint density at radius 2 is 2.38 bits per heavy atom. The van der Waals surface area contributed by atoms with Crippen LogP contribution < -0.4 is 5.73 Å². The van der Waals surface area contributed by atoms with E-state index in [1.54, 1.807) is 11.3 Å². The van der Waals surface area contributed by atoms with Crippen molar-refractivity contribution in [2.75, 3.05) is 33.2 Å². The second-order valence-corrected chi connectivity index (χ2v) is 5.44. The summed E-state index contributed by atoms with van der Waals surface area (Å²) in [4.78, 5) is 4.93. The zero-order chi connectivity index (χ0) is 11.5. The third kappa shape index (κ3) is 2.46. The lowest BCUT2D eigenvalue weighted by Gasteiger charge is -2.42. The normalized spacial score (nSPS) is 25.8. The maximum absolute atomic E-state index is 5.94. The average Bonchev–Trinajstić information content (AvgIpc) is 2.75. The van der Waals surface area contributed by atoms with Gasteiger partial charge in [0, 0.05) is 38.3 Å². The van der Waals surface area contributed by atoms with E-state index >= 15 is 0 Å². The van der Waals surface area contributed by atoms with Crippen LogP contribution in [0.25, 0.3) is 0 Å². The summed E-state index contributed by atoms with van der Waals surface area (Å²) in [5.41, 5.74) is 7.32.